The second-order valence-corrected chi connectivity index (χ2v) is 9.89. The van der Waals surface area contributed by atoms with Gasteiger partial charge in [0.15, 0.2) is 41.0 Å². The van der Waals surface area contributed by atoms with Crippen molar-refractivity contribution < 1.29 is 79.9 Å². The van der Waals surface area contributed by atoms with Crippen LogP contribution in [0.4, 0.5) is 0 Å². The summed E-state index contributed by atoms with van der Waals surface area (Å²) in [6.07, 6.45) is -9.30. The highest BCUT2D eigenvalue weighted by atomic mass is 16.7. The van der Waals surface area contributed by atoms with Gasteiger partial charge in [0, 0.05) is 17.7 Å². The van der Waals surface area contributed by atoms with Gasteiger partial charge in [-0.25, -0.2) is 4.79 Å². The molecule has 0 saturated carbocycles. The predicted molar refractivity (Wildman–Crippen MR) is 143 cm³/mol. The monoisotopic (exact) mass is 618 g/mol. The third-order valence-electron chi connectivity index (χ3n) is 6.91. The van der Waals surface area contributed by atoms with E-state index in [1.807, 2.05) is 0 Å². The van der Waals surface area contributed by atoms with Crippen molar-refractivity contribution in [3.8, 4) is 51.7 Å². The van der Waals surface area contributed by atoms with Crippen molar-refractivity contribution in [1.82, 2.24) is 0 Å². The second-order valence-electron chi connectivity index (χ2n) is 9.89. The average molecular weight is 619 g/mol. The summed E-state index contributed by atoms with van der Waals surface area (Å²) in [5.74, 6) is -7.48. The Balaban J connectivity index is 1.47. The number of hydrogen-bond acceptors (Lipinski definition) is 16. The van der Waals surface area contributed by atoms with Crippen LogP contribution in [0.15, 0.2) is 42.2 Å². The molecule has 0 spiro atoms. The maximum atomic E-state index is 12.8. The number of aromatic hydroxyl groups is 7. The molecule has 0 amide bonds. The van der Waals surface area contributed by atoms with Crippen LogP contribution in [0.25, 0.3) is 6.08 Å². The first kappa shape index (κ1) is 30.2. The number of carbonyl (C=O) groups is 1. The third kappa shape index (κ3) is 5.45. The van der Waals surface area contributed by atoms with Crippen molar-refractivity contribution in [2.45, 2.75) is 36.8 Å². The highest BCUT2D eigenvalue weighted by Crippen LogP contribution is 2.46. The van der Waals surface area contributed by atoms with Gasteiger partial charge >= 0.3 is 5.97 Å². The Kier molecular flexibility index (Phi) is 7.83. The van der Waals surface area contributed by atoms with Gasteiger partial charge in [-0.3, -0.25) is 0 Å². The molecular weight excluding hydrogens is 592 g/mol. The molecule has 16 nitrogen and oxygen atoms in total. The molecule has 5 rings (SSSR count). The van der Waals surface area contributed by atoms with Crippen LogP contribution in [-0.2, 0) is 9.47 Å². The van der Waals surface area contributed by atoms with Gasteiger partial charge < -0.3 is 75.1 Å². The minimum absolute atomic E-state index is 0.0443. The Labute approximate surface area is 246 Å². The number of phenolic OH excluding ortho intramolecular Hbond substituents is 7. The second kappa shape index (κ2) is 11.4. The van der Waals surface area contributed by atoms with Gasteiger partial charge in [-0.15, -0.1) is 0 Å². The minimum Gasteiger partial charge on any atom is -0.508 e. The number of fused-ring (bicyclic) bond motifs is 1. The maximum Gasteiger partial charge on any atom is 0.339 e. The largest absolute Gasteiger partial charge is 0.508 e. The fourth-order valence-corrected chi connectivity index (χ4v) is 4.66. The van der Waals surface area contributed by atoms with Gasteiger partial charge in [0.25, 0.3) is 0 Å². The quantitative estimate of drug-likeness (QED) is 0.134. The number of hydrogen-bond donors (Lipinski definition) is 11. The van der Waals surface area contributed by atoms with Gasteiger partial charge in [-0.2, -0.15) is 0 Å². The topological polar surface area (TPSA) is 277 Å². The van der Waals surface area contributed by atoms with Crippen LogP contribution < -0.4 is 9.47 Å². The molecule has 0 aliphatic carbocycles. The molecule has 234 valence electrons. The Hall–Kier alpha value is -5.29. The summed E-state index contributed by atoms with van der Waals surface area (Å²) in [7, 11) is 0. The number of benzene rings is 3. The number of phenols is 7. The Morgan fingerprint density at radius 2 is 1.45 bits per heavy atom. The Morgan fingerprint density at radius 3 is 2.11 bits per heavy atom. The summed E-state index contributed by atoms with van der Waals surface area (Å²) in [6, 6.07) is 5.74. The van der Waals surface area contributed by atoms with E-state index in [9.17, 15) is 61.0 Å². The Bertz CT molecular complexity index is 1610. The number of aliphatic hydroxyl groups excluding tert-OH is 4. The molecule has 2 aliphatic heterocycles. The lowest BCUT2D eigenvalue weighted by Gasteiger charge is -2.41. The molecule has 16 heteroatoms. The van der Waals surface area contributed by atoms with Crippen LogP contribution in [0.1, 0.15) is 27.6 Å². The molecule has 3 aromatic carbocycles. The molecule has 0 radical (unpaired) electrons. The lowest BCUT2D eigenvalue weighted by Crippen LogP contribution is -2.61. The van der Waals surface area contributed by atoms with Crippen LogP contribution in [0.5, 0.6) is 51.7 Å². The molecular formula is C28H26O16. The lowest BCUT2D eigenvalue weighted by atomic mass is 9.98. The first-order chi connectivity index (χ1) is 20.8. The molecule has 2 heterocycles. The van der Waals surface area contributed by atoms with Crippen LogP contribution >= 0.6 is 0 Å². The van der Waals surface area contributed by atoms with E-state index in [1.165, 1.54) is 0 Å². The van der Waals surface area contributed by atoms with E-state index in [4.69, 9.17) is 18.9 Å². The number of esters is 1. The van der Waals surface area contributed by atoms with E-state index in [-0.39, 0.29) is 22.6 Å². The van der Waals surface area contributed by atoms with E-state index in [1.54, 1.807) is 0 Å². The van der Waals surface area contributed by atoms with Gasteiger partial charge in [0.2, 0.25) is 12.0 Å². The van der Waals surface area contributed by atoms with E-state index in [0.717, 1.165) is 42.5 Å². The van der Waals surface area contributed by atoms with Crippen molar-refractivity contribution in [2.75, 3.05) is 6.61 Å². The van der Waals surface area contributed by atoms with E-state index in [2.05, 4.69) is 0 Å². The average Bonchev–Trinajstić information content (AvgIpc) is 2.97. The predicted octanol–water partition coefficient (Wildman–Crippen LogP) is 0.702. The number of carbonyl (C=O) groups excluding carboxylic acids is 1. The zero-order valence-electron chi connectivity index (χ0n) is 22.2. The van der Waals surface area contributed by atoms with Gasteiger partial charge in [0.1, 0.15) is 41.3 Å². The SMILES string of the molecule is O=C(O[C@H]1[C@H](Oc2cc(C3Oc4cc(O)cc(O)c4C=C3O)cc(O)c2O)O[C@H](CO)[C@H](O)[C@@H]1O)c1cc(O)c(O)c(O)c1. The molecule has 0 aromatic heterocycles. The summed E-state index contributed by atoms with van der Waals surface area (Å²) in [6.45, 7) is -0.844. The van der Waals surface area contributed by atoms with Crippen LogP contribution in [0, 0.1) is 0 Å². The number of aliphatic hydroxyl groups is 4. The molecule has 0 bridgehead atoms. The van der Waals surface area contributed by atoms with Crippen molar-refractivity contribution in [3.05, 3.63) is 58.8 Å². The molecule has 6 atom stereocenters. The fraction of sp³-hybridized carbons (Fsp3) is 0.250. The van der Waals surface area contributed by atoms with Gasteiger partial charge in [-0.1, -0.05) is 0 Å². The molecule has 2 aliphatic rings. The fourth-order valence-electron chi connectivity index (χ4n) is 4.66. The summed E-state index contributed by atoms with van der Waals surface area (Å²) in [5.41, 5.74) is -0.496. The molecule has 1 fully saturated rings. The molecule has 1 unspecified atom stereocenters. The molecule has 1 saturated heterocycles. The zero-order chi connectivity index (χ0) is 32.0. The smallest absolute Gasteiger partial charge is 0.339 e. The Morgan fingerprint density at radius 1 is 0.795 bits per heavy atom. The normalized spacial score (nSPS) is 24.5. The summed E-state index contributed by atoms with van der Waals surface area (Å²) in [5, 5.41) is 111. The highest BCUT2D eigenvalue weighted by Gasteiger charge is 2.48. The van der Waals surface area contributed by atoms with Crippen molar-refractivity contribution in [3.63, 3.8) is 0 Å². The van der Waals surface area contributed by atoms with Crippen LogP contribution in [-0.4, -0.2) is 99.5 Å². The van der Waals surface area contributed by atoms with E-state index < -0.39 is 101 Å². The van der Waals surface area contributed by atoms with Crippen LogP contribution in [0.2, 0.25) is 0 Å². The zero-order valence-corrected chi connectivity index (χ0v) is 22.2. The van der Waals surface area contributed by atoms with Crippen LogP contribution in [0.3, 0.4) is 0 Å². The van der Waals surface area contributed by atoms with E-state index in [0.29, 0.717) is 0 Å². The maximum absolute atomic E-state index is 12.8. The molecule has 11 N–H and O–H groups in total. The number of rotatable bonds is 6. The molecule has 3 aromatic rings. The lowest BCUT2D eigenvalue weighted by molar-refractivity contribution is -0.276. The third-order valence-corrected chi connectivity index (χ3v) is 6.91. The summed E-state index contributed by atoms with van der Waals surface area (Å²) in [4.78, 5) is 12.8. The standard InChI is InChI=1S/C28H26O16/c29-8-20-23(38)24(39)26(44-27(40)10-2-14(32)21(36)15(33)3-10)28(43-20)42-19-4-9(1-16(34)22(19)37)25-17(35)7-12-13(31)5-11(30)6-18(12)41-25/h1-7,20,23-26,28-39H,8H2/t20-,23+,24+,25?,26-,28-/m1/s1. The minimum atomic E-state index is -1.97. The highest BCUT2D eigenvalue weighted by molar-refractivity contribution is 5.91. The molecule has 44 heavy (non-hydrogen) atoms. The van der Waals surface area contributed by atoms with E-state index >= 15 is 0 Å². The van der Waals surface area contributed by atoms with Crippen molar-refractivity contribution >= 4 is 12.0 Å². The number of ether oxygens (including phenoxy) is 4. The summed E-state index contributed by atoms with van der Waals surface area (Å²) < 4.78 is 22.0. The summed E-state index contributed by atoms with van der Waals surface area (Å²) >= 11 is 0. The first-order valence-corrected chi connectivity index (χ1v) is 12.7. The van der Waals surface area contributed by atoms with Crippen molar-refractivity contribution in [1.29, 1.82) is 0 Å². The van der Waals surface area contributed by atoms with Crippen molar-refractivity contribution in [2.24, 2.45) is 0 Å². The first-order valence-electron chi connectivity index (χ1n) is 12.7. The van der Waals surface area contributed by atoms with Gasteiger partial charge in [-0.05, 0) is 30.3 Å². The van der Waals surface area contributed by atoms with Gasteiger partial charge in [0.05, 0.1) is 17.7 Å².